The Labute approximate surface area is 238 Å². The lowest BCUT2D eigenvalue weighted by Crippen LogP contribution is -2.14. The number of benzene rings is 3. The second-order valence-corrected chi connectivity index (χ2v) is 9.46. The Morgan fingerprint density at radius 1 is 0.857 bits per heavy atom. The third-order valence-electron chi connectivity index (χ3n) is 6.21. The van der Waals surface area contributed by atoms with Crippen LogP contribution >= 0.6 is 11.6 Å². The summed E-state index contributed by atoms with van der Waals surface area (Å²) in [5.74, 6) is -0.762. The summed E-state index contributed by atoms with van der Waals surface area (Å²) in [5.41, 5.74) is 3.18. The molecule has 214 valence electrons. The number of aromatic nitrogens is 5. The molecule has 0 bridgehead atoms. The first kappa shape index (κ1) is 28.7. The Bertz CT molecular complexity index is 1750. The first-order valence-corrected chi connectivity index (χ1v) is 12.4. The molecule has 14 heteroatoms. The van der Waals surface area contributed by atoms with Crippen molar-refractivity contribution in [2.75, 3.05) is 5.73 Å². The summed E-state index contributed by atoms with van der Waals surface area (Å²) in [6, 6.07) is 15.8. The van der Waals surface area contributed by atoms with Gasteiger partial charge in [0.15, 0.2) is 5.69 Å². The van der Waals surface area contributed by atoms with E-state index in [1.165, 1.54) is 0 Å². The summed E-state index contributed by atoms with van der Waals surface area (Å²) in [6.07, 6.45) is -8.92. The van der Waals surface area contributed by atoms with Crippen molar-refractivity contribution in [2.45, 2.75) is 18.9 Å². The molecule has 0 unspecified atom stereocenters. The van der Waals surface area contributed by atoms with Gasteiger partial charge in [-0.2, -0.15) is 31.4 Å². The van der Waals surface area contributed by atoms with Gasteiger partial charge in [0, 0.05) is 11.1 Å². The second-order valence-electron chi connectivity index (χ2n) is 9.06. The normalized spacial score (nSPS) is 12.0. The zero-order valence-electron chi connectivity index (χ0n) is 21.1. The average molecular weight is 603 g/mol. The zero-order valence-corrected chi connectivity index (χ0v) is 21.8. The molecule has 0 saturated carbocycles. The highest BCUT2D eigenvalue weighted by atomic mass is 35.5. The number of carbonyl (C=O) groups excluding carboxylic acids is 1. The molecule has 0 aliphatic rings. The predicted octanol–water partition coefficient (Wildman–Crippen LogP) is 6.95. The van der Waals surface area contributed by atoms with E-state index in [1.54, 1.807) is 54.6 Å². The Hall–Kier alpha value is -4.78. The number of nitrogen functional groups attached to an aromatic ring is 1. The van der Waals surface area contributed by atoms with Crippen LogP contribution in [0.1, 0.15) is 32.7 Å². The lowest BCUT2D eigenvalue weighted by molar-refractivity contribution is -0.143. The molecule has 0 aliphatic heterocycles. The highest BCUT2D eigenvalue weighted by Crippen LogP contribution is 2.37. The third-order valence-corrected chi connectivity index (χ3v) is 6.54. The van der Waals surface area contributed by atoms with Crippen LogP contribution in [0, 0.1) is 0 Å². The SMILES string of the molecule is Nc1cnnc(-c2ccccc2Cl)c1C(=O)c1nnn(Cc2cc(C(F)(F)F)cc(C(F)(F)F)c2)c1-c1ccccc1. The number of rotatable bonds is 6. The van der Waals surface area contributed by atoms with Gasteiger partial charge in [-0.05, 0) is 29.8 Å². The van der Waals surface area contributed by atoms with Gasteiger partial charge in [0.2, 0.25) is 5.78 Å². The van der Waals surface area contributed by atoms with Crippen LogP contribution in [-0.4, -0.2) is 31.0 Å². The van der Waals surface area contributed by atoms with Crippen LogP contribution in [0.25, 0.3) is 22.5 Å². The van der Waals surface area contributed by atoms with Crippen molar-refractivity contribution in [3.8, 4) is 22.5 Å². The monoisotopic (exact) mass is 602 g/mol. The fourth-order valence-corrected chi connectivity index (χ4v) is 4.57. The van der Waals surface area contributed by atoms with Crippen LogP contribution < -0.4 is 5.73 Å². The molecule has 0 aliphatic carbocycles. The molecule has 0 spiro atoms. The van der Waals surface area contributed by atoms with Crippen molar-refractivity contribution in [2.24, 2.45) is 0 Å². The summed E-state index contributed by atoms with van der Waals surface area (Å²) in [4.78, 5) is 14.0. The molecule has 0 amide bonds. The maximum Gasteiger partial charge on any atom is 0.416 e. The average Bonchev–Trinajstić information content (AvgIpc) is 3.35. The molecule has 3 aromatic carbocycles. The standard InChI is InChI=1S/C28H17ClF6N6O/c29-20-9-5-4-8-19(20)23-22(21(36)13-37-38-23)26(42)24-25(16-6-2-1-3-7-16)41(40-39-24)14-15-10-17(27(30,31)32)12-18(11-15)28(33,34)35/h1-13H,14H2,(H2,36,38). The molecule has 7 nitrogen and oxygen atoms in total. The van der Waals surface area contributed by atoms with Gasteiger partial charge < -0.3 is 5.73 Å². The Balaban J connectivity index is 1.67. The third kappa shape index (κ3) is 5.68. The molecule has 5 rings (SSSR count). The Morgan fingerprint density at radius 3 is 2.10 bits per heavy atom. The van der Waals surface area contributed by atoms with E-state index in [0.717, 1.165) is 10.9 Å². The number of nitrogens with zero attached hydrogens (tertiary/aromatic N) is 5. The number of halogens is 7. The van der Waals surface area contributed by atoms with Crippen molar-refractivity contribution in [1.82, 2.24) is 25.2 Å². The minimum Gasteiger partial charge on any atom is -0.397 e. The lowest BCUT2D eigenvalue weighted by Gasteiger charge is -2.15. The highest BCUT2D eigenvalue weighted by Gasteiger charge is 2.37. The fraction of sp³-hybridized carbons (Fsp3) is 0.107. The number of hydrogen-bond donors (Lipinski definition) is 1. The second kappa shape index (κ2) is 10.9. The molecule has 0 saturated heterocycles. The van der Waals surface area contributed by atoms with Gasteiger partial charge in [-0.3, -0.25) is 4.79 Å². The van der Waals surface area contributed by atoms with Gasteiger partial charge >= 0.3 is 12.4 Å². The summed E-state index contributed by atoms with van der Waals surface area (Å²) in [7, 11) is 0. The van der Waals surface area contributed by atoms with E-state index in [9.17, 15) is 31.1 Å². The first-order chi connectivity index (χ1) is 19.8. The van der Waals surface area contributed by atoms with E-state index in [2.05, 4.69) is 20.5 Å². The van der Waals surface area contributed by atoms with Crippen LogP contribution in [0.2, 0.25) is 5.02 Å². The molecule has 0 atom stereocenters. The van der Waals surface area contributed by atoms with Gasteiger partial charge in [-0.1, -0.05) is 65.3 Å². The molecular formula is C28H17ClF6N6O. The number of alkyl halides is 6. The van der Waals surface area contributed by atoms with Gasteiger partial charge in [-0.15, -0.1) is 10.2 Å². The number of anilines is 1. The summed E-state index contributed by atoms with van der Waals surface area (Å²) < 4.78 is 81.9. The Kier molecular flexibility index (Phi) is 7.45. The fourth-order valence-electron chi connectivity index (χ4n) is 4.34. The first-order valence-electron chi connectivity index (χ1n) is 12.0. The predicted molar refractivity (Wildman–Crippen MR) is 141 cm³/mol. The van der Waals surface area contributed by atoms with Crippen LogP contribution in [0.5, 0.6) is 0 Å². The number of carbonyl (C=O) groups is 1. The largest absolute Gasteiger partial charge is 0.416 e. The molecule has 0 radical (unpaired) electrons. The van der Waals surface area contributed by atoms with Crippen LogP contribution in [-0.2, 0) is 18.9 Å². The van der Waals surface area contributed by atoms with Gasteiger partial charge in [0.1, 0.15) is 11.4 Å². The zero-order chi connectivity index (χ0) is 30.2. The van der Waals surface area contributed by atoms with E-state index < -0.39 is 35.8 Å². The number of ketones is 1. The molecule has 2 aromatic heterocycles. The van der Waals surface area contributed by atoms with Crippen LogP contribution in [0.3, 0.4) is 0 Å². The van der Waals surface area contributed by atoms with Gasteiger partial charge in [0.05, 0.1) is 40.1 Å². The van der Waals surface area contributed by atoms with E-state index in [-0.39, 0.29) is 45.0 Å². The highest BCUT2D eigenvalue weighted by molar-refractivity contribution is 6.33. The van der Waals surface area contributed by atoms with Crippen LogP contribution in [0.15, 0.2) is 79.0 Å². The molecule has 2 heterocycles. The summed E-state index contributed by atoms with van der Waals surface area (Å²) in [6.45, 7) is -0.570. The maximum atomic E-state index is 14.0. The molecule has 2 N–H and O–H groups in total. The minimum absolute atomic E-state index is 0.0351. The van der Waals surface area contributed by atoms with Crippen molar-refractivity contribution < 1.29 is 31.1 Å². The van der Waals surface area contributed by atoms with Gasteiger partial charge in [0.25, 0.3) is 0 Å². The number of nitrogens with two attached hydrogens (primary N) is 1. The van der Waals surface area contributed by atoms with Crippen molar-refractivity contribution >= 4 is 23.1 Å². The topological polar surface area (TPSA) is 99.6 Å². The van der Waals surface area contributed by atoms with Crippen molar-refractivity contribution in [3.63, 3.8) is 0 Å². The summed E-state index contributed by atoms with van der Waals surface area (Å²) in [5, 5.41) is 16.1. The quantitative estimate of drug-likeness (QED) is 0.167. The molecule has 0 fully saturated rings. The molecule has 5 aromatic rings. The molecular weight excluding hydrogens is 586 g/mol. The Morgan fingerprint density at radius 2 is 1.48 bits per heavy atom. The van der Waals surface area contributed by atoms with Gasteiger partial charge in [-0.25, -0.2) is 4.68 Å². The van der Waals surface area contributed by atoms with E-state index >= 15 is 0 Å². The lowest BCUT2D eigenvalue weighted by atomic mass is 9.97. The smallest absolute Gasteiger partial charge is 0.397 e. The summed E-state index contributed by atoms with van der Waals surface area (Å²) >= 11 is 6.33. The number of hydrogen-bond acceptors (Lipinski definition) is 6. The molecule has 42 heavy (non-hydrogen) atoms. The maximum absolute atomic E-state index is 14.0. The van der Waals surface area contributed by atoms with Crippen LogP contribution in [0.4, 0.5) is 32.0 Å². The minimum atomic E-state index is -5.04. The van der Waals surface area contributed by atoms with E-state index in [0.29, 0.717) is 23.3 Å². The van der Waals surface area contributed by atoms with E-state index in [1.807, 2.05) is 0 Å². The van der Waals surface area contributed by atoms with Crippen molar-refractivity contribution in [3.05, 3.63) is 112 Å². The van der Waals surface area contributed by atoms with E-state index in [4.69, 9.17) is 17.3 Å². The van der Waals surface area contributed by atoms with Crippen molar-refractivity contribution in [1.29, 1.82) is 0 Å².